The van der Waals surface area contributed by atoms with E-state index in [4.69, 9.17) is 19.0 Å². The van der Waals surface area contributed by atoms with Crippen LogP contribution in [0.15, 0.2) is 66.7 Å². The molecule has 4 amide bonds. The molecule has 0 saturated carbocycles. The van der Waals surface area contributed by atoms with Gasteiger partial charge in [-0.2, -0.15) is 0 Å². The molecular weight excluding hydrogens is 624 g/mol. The van der Waals surface area contributed by atoms with Crippen LogP contribution in [0.25, 0.3) is 0 Å². The number of rotatable bonds is 9. The van der Waals surface area contributed by atoms with Crippen LogP contribution in [0.1, 0.15) is 33.3 Å². The first-order chi connectivity index (χ1) is 22.4. The number of thioether (sulfide) groups is 1. The maximum atomic E-state index is 13.3. The molecule has 2 aliphatic rings. The van der Waals surface area contributed by atoms with Gasteiger partial charge in [0.15, 0.2) is 11.5 Å². The van der Waals surface area contributed by atoms with E-state index in [9.17, 15) is 19.2 Å². The van der Waals surface area contributed by atoms with Gasteiger partial charge in [0, 0.05) is 33.1 Å². The summed E-state index contributed by atoms with van der Waals surface area (Å²) in [6.45, 7) is 9.36. The summed E-state index contributed by atoms with van der Waals surface area (Å²) in [6, 6.07) is 19.6. The molecule has 0 radical (unpaired) electrons. The Balaban J connectivity index is 1.44. The van der Waals surface area contributed by atoms with Crippen LogP contribution in [0.4, 0.5) is 26.7 Å². The number of benzene rings is 3. The minimum Gasteiger partial charge on any atom is -0.455 e. The quantitative estimate of drug-likeness (QED) is 0.276. The molecule has 0 aliphatic carbocycles. The Morgan fingerprint density at radius 1 is 0.979 bits per heavy atom. The zero-order valence-corrected chi connectivity index (χ0v) is 27.8. The van der Waals surface area contributed by atoms with E-state index in [-0.39, 0.29) is 16.8 Å². The SMILES string of the molecule is CC(=O)N(Oc1ccc(CC2SC(=O)NC2=O)cc1)c1ccc(Oc2ccccc2N2CCOCC2)cc1N(C)C(=O)OC(C)(C)C. The number of hydrogen-bond donors (Lipinski definition) is 1. The summed E-state index contributed by atoms with van der Waals surface area (Å²) in [5.41, 5.74) is 1.55. The summed E-state index contributed by atoms with van der Waals surface area (Å²) in [6.07, 6.45) is -0.273. The molecule has 3 aromatic carbocycles. The Hall–Kier alpha value is -4.75. The van der Waals surface area contributed by atoms with Gasteiger partial charge in [-0.1, -0.05) is 36.0 Å². The topological polar surface area (TPSA) is 127 Å². The van der Waals surface area contributed by atoms with E-state index in [1.807, 2.05) is 24.3 Å². The van der Waals surface area contributed by atoms with Gasteiger partial charge in [-0.05, 0) is 69.2 Å². The number of morpholine rings is 1. The molecular formula is C34H38N4O8S. The van der Waals surface area contributed by atoms with E-state index in [0.717, 1.165) is 41.2 Å². The van der Waals surface area contributed by atoms with Crippen LogP contribution in [0.3, 0.4) is 0 Å². The highest BCUT2D eigenvalue weighted by Crippen LogP contribution is 2.39. The predicted molar refractivity (Wildman–Crippen MR) is 179 cm³/mol. The lowest BCUT2D eigenvalue weighted by molar-refractivity contribution is -0.120. The molecule has 0 spiro atoms. The summed E-state index contributed by atoms with van der Waals surface area (Å²) in [5, 5.41) is 2.52. The van der Waals surface area contributed by atoms with Crippen molar-refractivity contribution in [3.8, 4) is 17.2 Å². The van der Waals surface area contributed by atoms with Crippen molar-refractivity contribution in [3.63, 3.8) is 0 Å². The van der Waals surface area contributed by atoms with Gasteiger partial charge in [0.2, 0.25) is 5.91 Å². The first-order valence-electron chi connectivity index (χ1n) is 15.2. The smallest absolute Gasteiger partial charge is 0.414 e. The second kappa shape index (κ2) is 14.3. The minimum absolute atomic E-state index is 0.279. The summed E-state index contributed by atoms with van der Waals surface area (Å²) in [4.78, 5) is 59.4. The summed E-state index contributed by atoms with van der Waals surface area (Å²) in [5.74, 6) is 0.637. The Bertz CT molecular complexity index is 1640. The monoisotopic (exact) mass is 662 g/mol. The lowest BCUT2D eigenvalue weighted by Gasteiger charge is -2.31. The van der Waals surface area contributed by atoms with Crippen LogP contribution in [-0.4, -0.2) is 67.3 Å². The standard InChI is InChI=1S/C34H38N4O8S/c1-22(39)38(46-24-12-10-23(11-13-24)20-30-31(40)35-32(41)47-30)26-15-14-25(21-28(26)36(5)33(42)45-34(2,3)4)44-29-9-7-6-8-27(29)37-16-18-43-19-17-37/h6-15,21,30H,16-20H2,1-5H3,(H,35,40,41). The zero-order chi connectivity index (χ0) is 33.7. The van der Waals surface area contributed by atoms with Crippen LogP contribution < -0.4 is 29.8 Å². The average molecular weight is 663 g/mol. The van der Waals surface area contributed by atoms with Gasteiger partial charge in [0.05, 0.1) is 29.8 Å². The predicted octanol–water partition coefficient (Wildman–Crippen LogP) is 5.93. The lowest BCUT2D eigenvalue weighted by atomic mass is 10.1. The van der Waals surface area contributed by atoms with Crippen LogP contribution >= 0.6 is 11.8 Å². The molecule has 2 heterocycles. The van der Waals surface area contributed by atoms with Gasteiger partial charge in [0.25, 0.3) is 11.1 Å². The molecule has 2 fully saturated rings. The number of amides is 4. The highest BCUT2D eigenvalue weighted by molar-refractivity contribution is 8.15. The van der Waals surface area contributed by atoms with Crippen molar-refractivity contribution < 1.29 is 38.2 Å². The van der Waals surface area contributed by atoms with E-state index >= 15 is 0 Å². The molecule has 1 atom stereocenters. The third-order valence-corrected chi connectivity index (χ3v) is 8.21. The number of carbonyl (C=O) groups is 4. The zero-order valence-electron chi connectivity index (χ0n) is 27.0. The van der Waals surface area contributed by atoms with Crippen molar-refractivity contribution in [1.82, 2.24) is 5.32 Å². The normalized spacial score (nSPS) is 16.4. The van der Waals surface area contributed by atoms with Gasteiger partial charge in [-0.3, -0.25) is 24.6 Å². The highest BCUT2D eigenvalue weighted by atomic mass is 32.2. The van der Waals surface area contributed by atoms with E-state index in [1.54, 1.807) is 70.3 Å². The number of nitrogens with zero attached hydrogens (tertiary/aromatic N) is 3. The molecule has 1 N–H and O–H groups in total. The fourth-order valence-electron chi connectivity index (χ4n) is 4.99. The molecule has 0 bridgehead atoms. The molecule has 248 valence electrons. The molecule has 0 aromatic heterocycles. The van der Waals surface area contributed by atoms with Crippen LogP contribution in [-0.2, 0) is 25.5 Å². The van der Waals surface area contributed by atoms with Crippen molar-refractivity contribution in [2.45, 2.75) is 45.0 Å². The lowest BCUT2D eigenvalue weighted by Crippen LogP contribution is -2.37. The van der Waals surface area contributed by atoms with Crippen LogP contribution in [0, 0.1) is 0 Å². The van der Waals surface area contributed by atoms with Crippen LogP contribution in [0.2, 0.25) is 0 Å². The third kappa shape index (κ3) is 8.54. The van der Waals surface area contributed by atoms with E-state index in [1.165, 1.54) is 11.8 Å². The maximum Gasteiger partial charge on any atom is 0.414 e. The highest BCUT2D eigenvalue weighted by Gasteiger charge is 2.32. The van der Waals surface area contributed by atoms with Gasteiger partial charge in [0.1, 0.15) is 17.0 Å². The summed E-state index contributed by atoms with van der Waals surface area (Å²) >= 11 is 0.960. The first kappa shape index (κ1) is 33.6. The number of hydrogen-bond acceptors (Lipinski definition) is 10. The molecule has 47 heavy (non-hydrogen) atoms. The van der Waals surface area contributed by atoms with Crippen molar-refractivity contribution >= 4 is 52.0 Å². The number of ether oxygens (including phenoxy) is 3. The maximum absolute atomic E-state index is 13.3. The molecule has 13 heteroatoms. The molecule has 1 unspecified atom stereocenters. The molecule has 5 rings (SSSR count). The second-order valence-electron chi connectivity index (χ2n) is 12.0. The minimum atomic E-state index is -0.764. The average Bonchev–Trinajstić information content (AvgIpc) is 3.35. The van der Waals surface area contributed by atoms with Gasteiger partial charge >= 0.3 is 6.09 Å². The van der Waals surface area contributed by atoms with Crippen molar-refractivity contribution in [2.75, 3.05) is 48.2 Å². The molecule has 2 aliphatic heterocycles. The van der Waals surface area contributed by atoms with Crippen molar-refractivity contribution in [1.29, 1.82) is 0 Å². The Morgan fingerprint density at radius 2 is 1.66 bits per heavy atom. The van der Waals surface area contributed by atoms with Crippen molar-refractivity contribution in [2.24, 2.45) is 0 Å². The first-order valence-corrected chi connectivity index (χ1v) is 16.1. The number of carbonyl (C=O) groups excluding carboxylic acids is 4. The van der Waals surface area contributed by atoms with Crippen molar-refractivity contribution in [3.05, 3.63) is 72.3 Å². The molecule has 12 nitrogen and oxygen atoms in total. The Morgan fingerprint density at radius 3 is 2.30 bits per heavy atom. The summed E-state index contributed by atoms with van der Waals surface area (Å²) in [7, 11) is 1.55. The number of imide groups is 1. The Kier molecular flexibility index (Phi) is 10.3. The third-order valence-electron chi connectivity index (χ3n) is 7.23. The fraction of sp³-hybridized carbons (Fsp3) is 0.353. The Labute approximate surface area is 277 Å². The molecule has 3 aromatic rings. The van der Waals surface area contributed by atoms with E-state index in [0.29, 0.717) is 42.6 Å². The number of anilines is 3. The second-order valence-corrected chi connectivity index (χ2v) is 13.2. The van der Waals surface area contributed by atoms with E-state index < -0.39 is 22.9 Å². The van der Waals surface area contributed by atoms with Gasteiger partial charge < -0.3 is 23.9 Å². The van der Waals surface area contributed by atoms with Gasteiger partial charge in [-0.15, -0.1) is 5.06 Å². The van der Waals surface area contributed by atoms with Crippen LogP contribution in [0.5, 0.6) is 17.2 Å². The fourth-order valence-corrected chi connectivity index (χ4v) is 5.85. The van der Waals surface area contributed by atoms with E-state index in [2.05, 4.69) is 10.2 Å². The number of para-hydroxylation sites is 2. The number of hydroxylamine groups is 1. The molecule has 2 saturated heterocycles. The largest absolute Gasteiger partial charge is 0.455 e. The van der Waals surface area contributed by atoms with Gasteiger partial charge in [-0.25, -0.2) is 4.79 Å². The summed E-state index contributed by atoms with van der Waals surface area (Å²) < 4.78 is 17.5. The number of nitrogens with one attached hydrogen (secondary N) is 1.